The third-order valence-electron chi connectivity index (χ3n) is 1.77. The predicted molar refractivity (Wildman–Crippen MR) is 51.0 cm³/mol. The Hall–Kier alpha value is -1.38. The summed E-state index contributed by atoms with van der Waals surface area (Å²) in [5.41, 5.74) is 2.66. The maximum absolute atomic E-state index is 10.2. The summed E-state index contributed by atoms with van der Waals surface area (Å²) >= 11 is 0. The molecule has 3 nitrogen and oxygen atoms in total. The van der Waals surface area contributed by atoms with E-state index in [1.807, 2.05) is 32.0 Å². The molecule has 0 aliphatic heterocycles. The zero-order valence-electron chi connectivity index (χ0n) is 7.53. The minimum absolute atomic E-state index is 0.484. The predicted octanol–water partition coefficient (Wildman–Crippen LogP) is 2.46. The topological polar surface area (TPSA) is 32.7 Å². The number of anilines is 1. The van der Waals surface area contributed by atoms with Crippen molar-refractivity contribution in [2.24, 2.45) is 5.18 Å². The number of nitrogens with zero attached hydrogens (tertiary/aromatic N) is 2. The minimum Gasteiger partial charge on any atom is -0.377 e. The summed E-state index contributed by atoms with van der Waals surface area (Å²) in [7, 11) is 3.94. The highest BCUT2D eigenvalue weighted by molar-refractivity contribution is 5.57. The van der Waals surface area contributed by atoms with E-state index in [1.165, 1.54) is 0 Å². The van der Waals surface area contributed by atoms with Gasteiger partial charge in [0.1, 0.15) is 5.69 Å². The zero-order chi connectivity index (χ0) is 9.14. The Morgan fingerprint density at radius 2 is 2.00 bits per heavy atom. The number of hydrogen-bond acceptors (Lipinski definition) is 3. The molecule has 0 bridgehead atoms. The molecule has 0 saturated carbocycles. The SMILES string of the molecule is Cc1cc(N=O)ccc1N(C)C. The number of rotatable bonds is 2. The number of benzene rings is 1. The first-order valence-electron chi connectivity index (χ1n) is 3.76. The second-order valence-corrected chi connectivity index (χ2v) is 2.96. The highest BCUT2D eigenvalue weighted by Gasteiger charge is 2.00. The van der Waals surface area contributed by atoms with Crippen LogP contribution in [0.25, 0.3) is 0 Å². The summed E-state index contributed by atoms with van der Waals surface area (Å²) in [6.45, 7) is 1.96. The van der Waals surface area contributed by atoms with Gasteiger partial charge in [-0.25, -0.2) is 0 Å². The van der Waals surface area contributed by atoms with Crippen molar-refractivity contribution in [2.75, 3.05) is 19.0 Å². The van der Waals surface area contributed by atoms with Crippen LogP contribution in [0.3, 0.4) is 0 Å². The van der Waals surface area contributed by atoms with E-state index in [2.05, 4.69) is 5.18 Å². The Labute approximate surface area is 72.0 Å². The van der Waals surface area contributed by atoms with Gasteiger partial charge in [0, 0.05) is 19.8 Å². The molecule has 0 aliphatic carbocycles. The standard InChI is InChI=1S/C9H12N2O/c1-7-6-8(10-12)4-5-9(7)11(2)3/h4-6H,1-3H3. The number of aryl methyl sites for hydroxylation is 1. The second-order valence-electron chi connectivity index (χ2n) is 2.96. The molecule has 3 heteroatoms. The van der Waals surface area contributed by atoms with Gasteiger partial charge in [0.15, 0.2) is 0 Å². The van der Waals surface area contributed by atoms with Crippen LogP contribution in [0.15, 0.2) is 23.4 Å². The molecule has 0 aliphatic rings. The van der Waals surface area contributed by atoms with E-state index in [0.717, 1.165) is 11.3 Å². The Bertz CT molecular complexity index is 295. The molecule has 12 heavy (non-hydrogen) atoms. The van der Waals surface area contributed by atoms with Crippen molar-refractivity contribution in [3.05, 3.63) is 28.7 Å². The number of hydrogen-bond donors (Lipinski definition) is 0. The van der Waals surface area contributed by atoms with Gasteiger partial charge in [0.25, 0.3) is 0 Å². The van der Waals surface area contributed by atoms with Crippen molar-refractivity contribution in [3.63, 3.8) is 0 Å². The van der Waals surface area contributed by atoms with Crippen LogP contribution in [0.4, 0.5) is 11.4 Å². The highest BCUT2D eigenvalue weighted by Crippen LogP contribution is 2.22. The maximum atomic E-state index is 10.2. The van der Waals surface area contributed by atoms with E-state index in [0.29, 0.717) is 5.69 Å². The quantitative estimate of drug-likeness (QED) is 0.629. The van der Waals surface area contributed by atoms with Crippen LogP contribution >= 0.6 is 0 Å². The molecule has 64 valence electrons. The van der Waals surface area contributed by atoms with E-state index < -0.39 is 0 Å². The number of nitroso groups, excluding NO2 is 1. The molecule has 1 aromatic rings. The van der Waals surface area contributed by atoms with Gasteiger partial charge in [-0.1, -0.05) is 0 Å². The van der Waals surface area contributed by atoms with Crippen LogP contribution in [0.1, 0.15) is 5.56 Å². The first-order valence-corrected chi connectivity index (χ1v) is 3.76. The molecule has 0 aromatic heterocycles. The molecule has 0 fully saturated rings. The Morgan fingerprint density at radius 3 is 2.42 bits per heavy atom. The summed E-state index contributed by atoms with van der Waals surface area (Å²) < 4.78 is 0. The van der Waals surface area contributed by atoms with Crippen molar-refractivity contribution in [1.29, 1.82) is 0 Å². The van der Waals surface area contributed by atoms with Gasteiger partial charge in [-0.15, -0.1) is 4.91 Å². The third kappa shape index (κ3) is 1.61. The van der Waals surface area contributed by atoms with Gasteiger partial charge in [0.05, 0.1) is 0 Å². The van der Waals surface area contributed by atoms with Crippen LogP contribution in [0.2, 0.25) is 0 Å². The first-order chi connectivity index (χ1) is 5.65. The molecule has 0 atom stereocenters. The molecule has 1 rings (SSSR count). The lowest BCUT2D eigenvalue weighted by Crippen LogP contribution is -2.09. The zero-order valence-corrected chi connectivity index (χ0v) is 7.53. The largest absolute Gasteiger partial charge is 0.377 e. The lowest BCUT2D eigenvalue weighted by Gasteiger charge is -2.14. The van der Waals surface area contributed by atoms with Gasteiger partial charge >= 0.3 is 0 Å². The lowest BCUT2D eigenvalue weighted by molar-refractivity contribution is 1.11. The van der Waals surface area contributed by atoms with E-state index in [-0.39, 0.29) is 0 Å². The Morgan fingerprint density at radius 1 is 1.33 bits per heavy atom. The summed E-state index contributed by atoms with van der Waals surface area (Å²) in [5, 5.41) is 2.86. The van der Waals surface area contributed by atoms with Crippen LogP contribution in [-0.4, -0.2) is 14.1 Å². The van der Waals surface area contributed by atoms with Crippen molar-refractivity contribution < 1.29 is 0 Å². The van der Waals surface area contributed by atoms with Crippen LogP contribution in [-0.2, 0) is 0 Å². The molecule has 0 saturated heterocycles. The Kier molecular flexibility index (Phi) is 2.43. The molecular weight excluding hydrogens is 152 g/mol. The molecule has 0 N–H and O–H groups in total. The average molecular weight is 164 g/mol. The monoisotopic (exact) mass is 164 g/mol. The average Bonchev–Trinajstić information content (AvgIpc) is 2.03. The van der Waals surface area contributed by atoms with E-state index in [9.17, 15) is 4.91 Å². The Balaban J connectivity index is 3.11. The highest BCUT2D eigenvalue weighted by atomic mass is 16.3. The van der Waals surface area contributed by atoms with Crippen LogP contribution in [0.5, 0.6) is 0 Å². The molecule has 0 amide bonds. The van der Waals surface area contributed by atoms with Gasteiger partial charge in [-0.3, -0.25) is 0 Å². The molecule has 0 spiro atoms. The third-order valence-corrected chi connectivity index (χ3v) is 1.77. The van der Waals surface area contributed by atoms with Crippen molar-refractivity contribution in [2.45, 2.75) is 6.92 Å². The van der Waals surface area contributed by atoms with Gasteiger partial charge < -0.3 is 4.90 Å². The van der Waals surface area contributed by atoms with Gasteiger partial charge in [-0.2, -0.15) is 0 Å². The molecule has 0 unspecified atom stereocenters. The maximum Gasteiger partial charge on any atom is 0.108 e. The fourth-order valence-corrected chi connectivity index (χ4v) is 1.20. The molecular formula is C9H12N2O. The van der Waals surface area contributed by atoms with Crippen molar-refractivity contribution in [3.8, 4) is 0 Å². The molecule has 0 heterocycles. The van der Waals surface area contributed by atoms with E-state index in [1.54, 1.807) is 12.1 Å². The fraction of sp³-hybridized carbons (Fsp3) is 0.333. The van der Waals surface area contributed by atoms with Gasteiger partial charge in [0.2, 0.25) is 0 Å². The fourth-order valence-electron chi connectivity index (χ4n) is 1.20. The molecule has 1 aromatic carbocycles. The van der Waals surface area contributed by atoms with E-state index in [4.69, 9.17) is 0 Å². The van der Waals surface area contributed by atoms with Crippen LogP contribution < -0.4 is 4.90 Å². The van der Waals surface area contributed by atoms with Crippen molar-refractivity contribution in [1.82, 2.24) is 0 Å². The van der Waals surface area contributed by atoms with E-state index >= 15 is 0 Å². The summed E-state index contributed by atoms with van der Waals surface area (Å²) in [4.78, 5) is 12.2. The second kappa shape index (κ2) is 3.34. The van der Waals surface area contributed by atoms with Gasteiger partial charge in [-0.05, 0) is 35.9 Å². The summed E-state index contributed by atoms with van der Waals surface area (Å²) in [6, 6.07) is 5.39. The smallest absolute Gasteiger partial charge is 0.108 e. The van der Waals surface area contributed by atoms with Crippen molar-refractivity contribution >= 4 is 11.4 Å². The normalized spacial score (nSPS) is 9.58. The minimum atomic E-state index is 0.484. The molecule has 0 radical (unpaired) electrons. The summed E-state index contributed by atoms with van der Waals surface area (Å²) in [6.07, 6.45) is 0. The first kappa shape index (κ1) is 8.71. The lowest BCUT2D eigenvalue weighted by atomic mass is 10.1. The van der Waals surface area contributed by atoms with Crippen LogP contribution in [0, 0.1) is 11.8 Å². The summed E-state index contributed by atoms with van der Waals surface area (Å²) in [5.74, 6) is 0.